The lowest BCUT2D eigenvalue weighted by Crippen LogP contribution is -2.38. The van der Waals surface area contributed by atoms with Gasteiger partial charge in [0.15, 0.2) is 0 Å². The predicted octanol–water partition coefficient (Wildman–Crippen LogP) is 4.66. The Morgan fingerprint density at radius 2 is 1.82 bits per heavy atom. The number of allylic oxidation sites excluding steroid dienone is 1. The van der Waals surface area contributed by atoms with E-state index in [0.29, 0.717) is 11.3 Å². The average Bonchev–Trinajstić information content (AvgIpc) is 2.14. The fourth-order valence-corrected chi connectivity index (χ4v) is 2.75. The fraction of sp³-hybridized carbons (Fsp3) is 0.867. The molecule has 0 fully saturated rings. The molecule has 2 heteroatoms. The third-order valence-electron chi connectivity index (χ3n) is 3.63. The summed E-state index contributed by atoms with van der Waals surface area (Å²) in [5.74, 6) is 0.575. The van der Waals surface area contributed by atoms with E-state index in [1.165, 1.54) is 0 Å². The summed E-state index contributed by atoms with van der Waals surface area (Å²) in [5.41, 5.74) is -0.0263. The second-order valence-corrected chi connectivity index (χ2v) is 7.76. The van der Waals surface area contributed by atoms with Crippen LogP contribution in [-0.2, 0) is 4.89 Å². The van der Waals surface area contributed by atoms with Crippen LogP contribution >= 0.6 is 0 Å². The molecule has 0 saturated heterocycles. The first-order chi connectivity index (χ1) is 7.58. The van der Waals surface area contributed by atoms with Gasteiger partial charge in [0, 0.05) is 0 Å². The van der Waals surface area contributed by atoms with E-state index in [9.17, 15) is 5.26 Å². The van der Waals surface area contributed by atoms with E-state index < -0.39 is 5.60 Å². The van der Waals surface area contributed by atoms with Crippen molar-refractivity contribution >= 4 is 0 Å². The Hall–Kier alpha value is -0.340. The van der Waals surface area contributed by atoms with Gasteiger partial charge in [-0.05, 0) is 36.0 Å². The Kier molecular flexibility index (Phi) is 4.10. The van der Waals surface area contributed by atoms with E-state index in [2.05, 4.69) is 53.7 Å². The summed E-state index contributed by atoms with van der Waals surface area (Å²) in [5, 5.41) is 9.24. The summed E-state index contributed by atoms with van der Waals surface area (Å²) >= 11 is 0. The van der Waals surface area contributed by atoms with Crippen LogP contribution in [0.2, 0.25) is 0 Å². The molecule has 1 N–H and O–H groups in total. The molecule has 0 aliphatic heterocycles. The zero-order chi connectivity index (χ0) is 13.3. The van der Waals surface area contributed by atoms with E-state index in [0.717, 1.165) is 19.3 Å². The van der Waals surface area contributed by atoms with Crippen molar-refractivity contribution < 1.29 is 10.1 Å². The predicted molar refractivity (Wildman–Crippen MR) is 71.8 cm³/mol. The first-order valence-corrected chi connectivity index (χ1v) is 6.60. The number of hydrogen-bond donors (Lipinski definition) is 1. The molecule has 0 aromatic carbocycles. The molecule has 0 aromatic heterocycles. The van der Waals surface area contributed by atoms with Gasteiger partial charge in [0.2, 0.25) is 0 Å². The normalized spacial score (nSPS) is 30.6. The zero-order valence-corrected chi connectivity index (χ0v) is 12.2. The van der Waals surface area contributed by atoms with Crippen molar-refractivity contribution in [2.45, 2.75) is 66.4 Å². The van der Waals surface area contributed by atoms with Crippen LogP contribution in [0, 0.1) is 16.7 Å². The van der Waals surface area contributed by atoms with Crippen LogP contribution in [0.15, 0.2) is 12.2 Å². The SMILES string of the molecule is CC(C)(C)CC1(OO)C=CC(C(C)(C)C)CC1. The topological polar surface area (TPSA) is 29.5 Å². The standard InChI is InChI=1S/C15H28O2/c1-13(2,3)11-15(17-16)9-7-12(8-10-15)14(4,5)6/h7,9,12,16H,8,10-11H2,1-6H3. The van der Waals surface area contributed by atoms with E-state index in [1.54, 1.807) is 0 Å². The van der Waals surface area contributed by atoms with E-state index in [1.807, 2.05) is 0 Å². The van der Waals surface area contributed by atoms with E-state index in [4.69, 9.17) is 4.89 Å². The summed E-state index contributed by atoms with van der Waals surface area (Å²) in [7, 11) is 0. The van der Waals surface area contributed by atoms with Crippen molar-refractivity contribution in [1.29, 1.82) is 0 Å². The first-order valence-electron chi connectivity index (χ1n) is 6.60. The minimum Gasteiger partial charge on any atom is -0.251 e. The largest absolute Gasteiger partial charge is 0.251 e. The van der Waals surface area contributed by atoms with Crippen LogP contribution in [0.4, 0.5) is 0 Å². The quantitative estimate of drug-likeness (QED) is 0.432. The number of hydrogen-bond acceptors (Lipinski definition) is 2. The lowest BCUT2D eigenvalue weighted by molar-refractivity contribution is -0.317. The van der Waals surface area contributed by atoms with Gasteiger partial charge in [-0.15, -0.1) is 0 Å². The molecular formula is C15H28O2. The Morgan fingerprint density at radius 3 is 2.12 bits per heavy atom. The van der Waals surface area contributed by atoms with Crippen molar-refractivity contribution in [3.05, 3.63) is 12.2 Å². The molecule has 0 radical (unpaired) electrons. The maximum absolute atomic E-state index is 9.24. The van der Waals surface area contributed by atoms with Gasteiger partial charge in [-0.25, -0.2) is 4.89 Å². The van der Waals surface area contributed by atoms with E-state index in [-0.39, 0.29) is 5.41 Å². The molecule has 17 heavy (non-hydrogen) atoms. The minimum atomic E-state index is -0.472. The van der Waals surface area contributed by atoms with Gasteiger partial charge in [0.1, 0.15) is 5.60 Å². The summed E-state index contributed by atoms with van der Waals surface area (Å²) in [6.45, 7) is 13.3. The lowest BCUT2D eigenvalue weighted by atomic mass is 9.69. The van der Waals surface area contributed by atoms with Gasteiger partial charge < -0.3 is 0 Å². The molecule has 0 amide bonds. The Balaban J connectivity index is 2.80. The summed E-state index contributed by atoms with van der Waals surface area (Å²) in [6.07, 6.45) is 7.14. The van der Waals surface area contributed by atoms with Gasteiger partial charge >= 0.3 is 0 Å². The van der Waals surface area contributed by atoms with Crippen LogP contribution < -0.4 is 0 Å². The Morgan fingerprint density at radius 1 is 1.24 bits per heavy atom. The van der Waals surface area contributed by atoms with Crippen molar-refractivity contribution in [2.75, 3.05) is 0 Å². The maximum atomic E-state index is 9.24. The highest BCUT2D eigenvalue weighted by Crippen LogP contribution is 2.42. The van der Waals surface area contributed by atoms with Crippen LogP contribution in [0.3, 0.4) is 0 Å². The van der Waals surface area contributed by atoms with Gasteiger partial charge in [-0.2, -0.15) is 0 Å². The van der Waals surface area contributed by atoms with Gasteiger partial charge in [0.25, 0.3) is 0 Å². The lowest BCUT2D eigenvalue weighted by Gasteiger charge is -2.40. The highest BCUT2D eigenvalue weighted by Gasteiger charge is 2.38. The highest BCUT2D eigenvalue weighted by molar-refractivity contribution is 5.11. The average molecular weight is 240 g/mol. The molecule has 2 nitrogen and oxygen atoms in total. The fourth-order valence-electron chi connectivity index (χ4n) is 2.75. The number of rotatable bonds is 2. The Bertz CT molecular complexity index is 280. The van der Waals surface area contributed by atoms with Crippen LogP contribution in [-0.4, -0.2) is 10.9 Å². The molecule has 1 rings (SSSR count). The second-order valence-electron chi connectivity index (χ2n) is 7.76. The zero-order valence-electron chi connectivity index (χ0n) is 12.2. The Labute approximate surface area is 106 Å². The summed E-state index contributed by atoms with van der Waals surface area (Å²) in [4.78, 5) is 4.83. The third-order valence-corrected chi connectivity index (χ3v) is 3.63. The molecule has 0 saturated carbocycles. The molecule has 1 aliphatic carbocycles. The summed E-state index contributed by atoms with van der Waals surface area (Å²) < 4.78 is 0. The maximum Gasteiger partial charge on any atom is 0.122 e. The van der Waals surface area contributed by atoms with Gasteiger partial charge in [-0.1, -0.05) is 53.7 Å². The third kappa shape index (κ3) is 4.11. The molecule has 0 heterocycles. The molecular weight excluding hydrogens is 212 g/mol. The molecule has 100 valence electrons. The minimum absolute atomic E-state index is 0.154. The van der Waals surface area contributed by atoms with Gasteiger partial charge in [-0.3, -0.25) is 5.26 Å². The smallest absolute Gasteiger partial charge is 0.122 e. The molecule has 2 unspecified atom stereocenters. The molecule has 0 bridgehead atoms. The summed E-state index contributed by atoms with van der Waals surface area (Å²) in [6, 6.07) is 0. The van der Waals surface area contributed by atoms with Crippen molar-refractivity contribution in [2.24, 2.45) is 16.7 Å². The molecule has 0 aromatic rings. The van der Waals surface area contributed by atoms with Crippen molar-refractivity contribution in [3.8, 4) is 0 Å². The van der Waals surface area contributed by atoms with Gasteiger partial charge in [0.05, 0.1) is 0 Å². The van der Waals surface area contributed by atoms with Crippen molar-refractivity contribution in [3.63, 3.8) is 0 Å². The highest BCUT2D eigenvalue weighted by atomic mass is 17.1. The molecule has 0 spiro atoms. The molecule has 1 aliphatic rings. The van der Waals surface area contributed by atoms with Crippen molar-refractivity contribution in [1.82, 2.24) is 0 Å². The second kappa shape index (κ2) is 4.74. The van der Waals surface area contributed by atoms with E-state index >= 15 is 0 Å². The molecule has 2 atom stereocenters. The van der Waals surface area contributed by atoms with Crippen LogP contribution in [0.1, 0.15) is 60.8 Å². The first kappa shape index (κ1) is 14.7. The monoisotopic (exact) mass is 240 g/mol. The van der Waals surface area contributed by atoms with Crippen LogP contribution in [0.5, 0.6) is 0 Å². The van der Waals surface area contributed by atoms with Crippen LogP contribution in [0.25, 0.3) is 0 Å².